The molecule has 13 heteroatoms. The largest absolute Gasteiger partial charge is 0.370 e. The van der Waals surface area contributed by atoms with E-state index >= 15 is 0 Å². The molecule has 2 saturated heterocycles. The first-order valence-electron chi connectivity index (χ1n) is 12.4. The van der Waals surface area contributed by atoms with E-state index in [0.29, 0.717) is 5.56 Å². The molecule has 4 heterocycles. The van der Waals surface area contributed by atoms with E-state index in [1.54, 1.807) is 12.1 Å². The molecule has 2 fully saturated rings. The van der Waals surface area contributed by atoms with E-state index in [0.717, 1.165) is 21.2 Å². The van der Waals surface area contributed by atoms with Crippen LogP contribution in [0, 0.1) is 6.92 Å². The summed E-state index contributed by atoms with van der Waals surface area (Å²) in [6, 6.07) is 8.13. The molecule has 2 aromatic carbocycles. The van der Waals surface area contributed by atoms with Crippen LogP contribution in [0.5, 0.6) is 0 Å². The molecule has 1 unspecified atom stereocenters. The van der Waals surface area contributed by atoms with Gasteiger partial charge in [-0.3, -0.25) is 34.9 Å². The normalized spacial score (nSPS) is 29.6. The van der Waals surface area contributed by atoms with Crippen molar-refractivity contribution in [3.8, 4) is 0 Å². The van der Waals surface area contributed by atoms with Crippen LogP contribution < -0.4 is 27.1 Å². The van der Waals surface area contributed by atoms with Gasteiger partial charge in [0, 0.05) is 18.4 Å². The summed E-state index contributed by atoms with van der Waals surface area (Å²) < 4.78 is 0. The predicted molar refractivity (Wildman–Crippen MR) is 135 cm³/mol. The van der Waals surface area contributed by atoms with Crippen molar-refractivity contribution in [2.24, 2.45) is 16.5 Å². The molecule has 3 amide bonds. The van der Waals surface area contributed by atoms with Crippen LogP contribution in [0.3, 0.4) is 0 Å². The lowest BCUT2D eigenvalue weighted by Crippen LogP contribution is -2.90. The number of nitrogens with one attached hydrogen (secondary N) is 3. The van der Waals surface area contributed by atoms with Gasteiger partial charge in [-0.25, -0.2) is 10.3 Å². The molecule has 0 aliphatic carbocycles. The van der Waals surface area contributed by atoms with Crippen molar-refractivity contribution in [3.63, 3.8) is 0 Å². The number of aliphatic hydroxyl groups is 2. The van der Waals surface area contributed by atoms with Crippen LogP contribution in [0.2, 0.25) is 0 Å². The third kappa shape index (κ3) is 3.28. The fraction of sp³-hybridized carbons (Fsp3) is 0.400. The molecule has 4 atom stereocenters. The molecule has 4 aliphatic rings. The molecule has 4 aliphatic heterocycles. The Kier molecular flexibility index (Phi) is 5.16. The van der Waals surface area contributed by atoms with Gasteiger partial charge in [0.25, 0.3) is 11.6 Å². The molecule has 198 valence electrons. The quantitative estimate of drug-likeness (QED) is 0.155. The van der Waals surface area contributed by atoms with Crippen LogP contribution in [0.25, 0.3) is 10.8 Å². The molecule has 0 bridgehead atoms. The van der Waals surface area contributed by atoms with Gasteiger partial charge in [-0.2, -0.15) is 0 Å². The number of nitrogens with two attached hydrogens (primary N) is 2. The SMILES string of the molecule is Cc1ccc2c(C(=O)NC3CN4C(N)=N[C@@H](CN5C(=O)CCC5=O)[C@@H]5[NH+]=C(N)N[C@@]54C3(O)O)cccc2c1. The Bertz CT molecular complexity index is 1440. The summed E-state index contributed by atoms with van der Waals surface area (Å²) in [5.74, 6) is -3.75. The molecular weight excluding hydrogens is 492 g/mol. The molecule has 38 heavy (non-hydrogen) atoms. The van der Waals surface area contributed by atoms with Gasteiger partial charge in [0.2, 0.25) is 17.6 Å². The highest BCUT2D eigenvalue weighted by molar-refractivity contribution is 6.07. The molecule has 0 aromatic heterocycles. The number of aryl methyl sites for hydroxylation is 1. The summed E-state index contributed by atoms with van der Waals surface area (Å²) in [6.45, 7) is 1.76. The van der Waals surface area contributed by atoms with Crippen molar-refractivity contribution in [2.75, 3.05) is 13.1 Å². The number of guanidine groups is 2. The summed E-state index contributed by atoms with van der Waals surface area (Å²) in [7, 11) is 0. The second kappa shape index (κ2) is 8.13. The molecule has 6 rings (SSSR count). The van der Waals surface area contributed by atoms with Crippen LogP contribution in [-0.4, -0.2) is 92.3 Å². The highest BCUT2D eigenvalue weighted by atomic mass is 16.5. The van der Waals surface area contributed by atoms with Gasteiger partial charge in [0.15, 0.2) is 12.0 Å². The number of carbonyl (C=O) groups excluding carboxylic acids is 3. The number of hydrogen-bond donors (Lipinski definition) is 7. The van der Waals surface area contributed by atoms with Crippen molar-refractivity contribution in [2.45, 2.75) is 49.3 Å². The van der Waals surface area contributed by atoms with Gasteiger partial charge in [-0.15, -0.1) is 0 Å². The van der Waals surface area contributed by atoms with E-state index in [2.05, 4.69) is 20.6 Å². The van der Waals surface area contributed by atoms with Crippen LogP contribution in [0.1, 0.15) is 28.8 Å². The lowest BCUT2D eigenvalue weighted by atomic mass is 9.84. The van der Waals surface area contributed by atoms with Crippen LogP contribution in [-0.2, 0) is 9.59 Å². The van der Waals surface area contributed by atoms with Crippen LogP contribution in [0.15, 0.2) is 41.4 Å². The average molecular weight is 522 g/mol. The Balaban J connectivity index is 1.33. The van der Waals surface area contributed by atoms with Gasteiger partial charge in [-0.1, -0.05) is 35.9 Å². The van der Waals surface area contributed by atoms with Crippen LogP contribution in [0.4, 0.5) is 0 Å². The molecule has 0 saturated carbocycles. The lowest BCUT2D eigenvalue weighted by molar-refractivity contribution is -0.521. The molecule has 0 radical (unpaired) electrons. The summed E-state index contributed by atoms with van der Waals surface area (Å²) in [5, 5.41) is 30.6. The summed E-state index contributed by atoms with van der Waals surface area (Å²) in [4.78, 5) is 48.0. The molecular formula is C25H29N8O5+. The Morgan fingerprint density at radius 1 is 1.21 bits per heavy atom. The number of likely N-dealkylation sites (tertiary alicyclic amines) is 1. The maximum atomic E-state index is 13.4. The first-order chi connectivity index (χ1) is 18.0. The number of carbonyl (C=O) groups is 3. The van der Waals surface area contributed by atoms with Gasteiger partial charge < -0.3 is 21.3 Å². The highest BCUT2D eigenvalue weighted by Crippen LogP contribution is 2.41. The summed E-state index contributed by atoms with van der Waals surface area (Å²) >= 11 is 0. The summed E-state index contributed by atoms with van der Waals surface area (Å²) in [5.41, 5.74) is 12.1. The van der Waals surface area contributed by atoms with Crippen molar-refractivity contribution in [1.82, 2.24) is 20.4 Å². The van der Waals surface area contributed by atoms with Crippen LogP contribution >= 0.6 is 0 Å². The number of amides is 3. The predicted octanol–water partition coefficient (Wildman–Crippen LogP) is -3.85. The minimum Gasteiger partial charge on any atom is -0.370 e. The number of benzene rings is 2. The van der Waals surface area contributed by atoms with Crippen molar-refractivity contribution in [1.29, 1.82) is 0 Å². The van der Waals surface area contributed by atoms with Crippen molar-refractivity contribution < 1.29 is 29.6 Å². The lowest BCUT2D eigenvalue weighted by Gasteiger charge is -2.46. The van der Waals surface area contributed by atoms with Gasteiger partial charge in [-0.05, 0) is 23.8 Å². The van der Waals surface area contributed by atoms with Crippen molar-refractivity contribution in [3.05, 3.63) is 47.5 Å². The Labute approximate surface area is 217 Å². The topological polar surface area (TPSA) is 201 Å². The number of nitrogens with zero attached hydrogens (tertiary/aromatic N) is 3. The van der Waals surface area contributed by atoms with E-state index in [1.165, 1.54) is 4.90 Å². The fourth-order valence-electron chi connectivity index (χ4n) is 6.17. The highest BCUT2D eigenvalue weighted by Gasteiger charge is 2.76. The monoisotopic (exact) mass is 521 g/mol. The zero-order chi connectivity index (χ0) is 27.0. The third-order valence-corrected chi connectivity index (χ3v) is 7.99. The number of rotatable bonds is 4. The number of hydrogen-bond acceptors (Lipinski definition) is 10. The van der Waals surface area contributed by atoms with E-state index in [1.807, 2.05) is 31.2 Å². The van der Waals surface area contributed by atoms with Gasteiger partial charge in [0.1, 0.15) is 12.1 Å². The van der Waals surface area contributed by atoms with E-state index in [4.69, 9.17) is 11.5 Å². The zero-order valence-corrected chi connectivity index (χ0v) is 20.6. The Morgan fingerprint density at radius 3 is 2.68 bits per heavy atom. The first kappa shape index (κ1) is 24.1. The van der Waals surface area contributed by atoms with Crippen molar-refractivity contribution >= 4 is 40.4 Å². The first-order valence-corrected chi connectivity index (χ1v) is 12.4. The van der Waals surface area contributed by atoms with E-state index in [-0.39, 0.29) is 49.7 Å². The minimum absolute atomic E-state index is 0.0397. The molecule has 1 spiro atoms. The smallest absolute Gasteiger partial charge is 0.343 e. The number of imide groups is 1. The Hall–Kier alpha value is -4.23. The van der Waals surface area contributed by atoms with E-state index < -0.39 is 35.5 Å². The Morgan fingerprint density at radius 2 is 1.95 bits per heavy atom. The number of fused-ring (bicyclic) bond motifs is 1. The maximum absolute atomic E-state index is 13.4. The molecule has 13 nitrogen and oxygen atoms in total. The second-order valence-electron chi connectivity index (χ2n) is 10.3. The average Bonchev–Trinajstić information content (AvgIpc) is 3.46. The zero-order valence-electron chi connectivity index (χ0n) is 20.6. The summed E-state index contributed by atoms with van der Waals surface area (Å²) in [6.07, 6.45) is 0.219. The standard InChI is InChI=1S/C25H28N8O5/c1-12-5-6-14-13(9-12)3-2-4-15(14)21(36)29-17-11-33-23(27)28-16(10-32-18(34)7-8-19(32)35)20-24(33,25(17,37)38)31-22(26)30-20/h2-6,9,16-17,20,37-38H,7-8,10-11H2,1H3,(H2,27,28)(H,29,36)(H3,26,30,31)/p+1/t16-,17?,20-,24-/m0/s1. The second-order valence-corrected chi connectivity index (χ2v) is 10.3. The van der Waals surface area contributed by atoms with E-state index in [9.17, 15) is 24.6 Å². The fourth-order valence-corrected chi connectivity index (χ4v) is 6.17. The minimum atomic E-state index is -2.60. The third-order valence-electron chi connectivity index (χ3n) is 7.99. The molecule has 9 N–H and O–H groups in total. The van der Waals surface area contributed by atoms with Gasteiger partial charge >= 0.3 is 5.96 Å². The molecule has 2 aromatic rings. The maximum Gasteiger partial charge on any atom is 0.343 e. The number of aliphatic imine (C=N–C) groups is 1. The van der Waals surface area contributed by atoms with Gasteiger partial charge in [0.05, 0.1) is 13.1 Å².